The number of rotatable bonds is 5. The molecule has 1 atom stereocenters. The summed E-state index contributed by atoms with van der Waals surface area (Å²) < 4.78 is 6.97. The van der Waals surface area contributed by atoms with E-state index in [1.165, 1.54) is 0 Å². The maximum atomic E-state index is 9.48. The lowest BCUT2D eigenvalue weighted by Gasteiger charge is -1.93. The molecule has 0 aliphatic heterocycles. The molecule has 0 aliphatic carbocycles. The molecule has 0 rings (SSSR count). The van der Waals surface area contributed by atoms with Crippen molar-refractivity contribution in [1.29, 1.82) is 0 Å². The highest BCUT2D eigenvalue weighted by Gasteiger charge is 1.82. The van der Waals surface area contributed by atoms with Gasteiger partial charge in [0.15, 0.2) is 0 Å². The first-order chi connectivity index (χ1) is 4.31. The van der Waals surface area contributed by atoms with Gasteiger partial charge in [0.25, 0.3) is 0 Å². The normalized spacial score (nSPS) is 14.4. The molecule has 0 aromatic rings. The predicted molar refractivity (Wildman–Crippen MR) is 28.0 cm³/mol. The van der Waals surface area contributed by atoms with Gasteiger partial charge in [0.1, 0.15) is 0 Å². The van der Waals surface area contributed by atoms with E-state index in [1.807, 2.05) is 6.92 Å². The summed E-state index contributed by atoms with van der Waals surface area (Å²) in [4.78, 5) is 17.6. The maximum Gasteiger partial charge on any atom is 0.330 e. The Bertz CT molecular complexity index is 76.6. The van der Waals surface area contributed by atoms with Crippen LogP contribution in [0.15, 0.2) is 0 Å². The Hall–Kier alpha value is -0.570. The van der Waals surface area contributed by atoms with Crippen LogP contribution in [0.25, 0.3) is 0 Å². The standard InChI is InChI=1S/C5H10O3/c1-2-3-4-7-8-5-6/h5H,2-4H2,1H3/i4T. The van der Waals surface area contributed by atoms with Crippen LogP contribution >= 0.6 is 0 Å². The molecule has 0 spiro atoms. The van der Waals surface area contributed by atoms with Crippen molar-refractivity contribution in [1.82, 2.24) is 0 Å². The number of hydrogen-bond acceptors (Lipinski definition) is 3. The largest absolute Gasteiger partial charge is 0.330 e. The maximum absolute atomic E-state index is 9.48. The van der Waals surface area contributed by atoms with E-state index < -0.39 is 6.58 Å². The van der Waals surface area contributed by atoms with Gasteiger partial charge < -0.3 is 4.89 Å². The smallest absolute Gasteiger partial charge is 0.302 e. The lowest BCUT2D eigenvalue weighted by Crippen LogP contribution is -1.93. The van der Waals surface area contributed by atoms with E-state index in [1.54, 1.807) is 0 Å². The first-order valence-corrected chi connectivity index (χ1v) is 2.49. The molecule has 3 heteroatoms. The summed E-state index contributed by atoms with van der Waals surface area (Å²) in [6.07, 6.45) is 1.42. The minimum absolute atomic E-state index is 0.164. The molecule has 1 unspecified atom stereocenters. The Morgan fingerprint density at radius 1 is 1.88 bits per heavy atom. The van der Waals surface area contributed by atoms with E-state index in [0.29, 0.717) is 6.42 Å². The van der Waals surface area contributed by atoms with Gasteiger partial charge >= 0.3 is 6.47 Å². The molecule has 0 saturated carbocycles. The van der Waals surface area contributed by atoms with E-state index in [-0.39, 0.29) is 6.47 Å². The van der Waals surface area contributed by atoms with Crippen LogP contribution in [0.4, 0.5) is 0 Å². The van der Waals surface area contributed by atoms with Gasteiger partial charge in [0.2, 0.25) is 0 Å². The van der Waals surface area contributed by atoms with Crippen LogP contribution in [0.2, 0.25) is 0 Å². The highest BCUT2D eigenvalue weighted by molar-refractivity contribution is 5.35. The molecule has 0 bridgehead atoms. The van der Waals surface area contributed by atoms with Crippen molar-refractivity contribution in [3.8, 4) is 0 Å². The summed E-state index contributed by atoms with van der Waals surface area (Å²) in [7, 11) is 0. The summed E-state index contributed by atoms with van der Waals surface area (Å²) in [6.45, 7) is 1.35. The predicted octanol–water partition coefficient (Wildman–Crippen LogP) is 0.891. The van der Waals surface area contributed by atoms with Crippen molar-refractivity contribution in [2.24, 2.45) is 0 Å². The lowest BCUT2D eigenvalue weighted by molar-refractivity contribution is -0.259. The van der Waals surface area contributed by atoms with Gasteiger partial charge in [-0.15, -0.1) is 0 Å². The molecule has 8 heavy (non-hydrogen) atoms. The Morgan fingerprint density at radius 2 is 2.62 bits per heavy atom. The fourth-order valence-corrected chi connectivity index (χ4v) is 0.228. The zero-order chi connectivity index (χ0) is 7.11. The lowest BCUT2D eigenvalue weighted by atomic mass is 10.4. The fourth-order valence-electron chi connectivity index (χ4n) is 0.228. The zero-order valence-corrected chi connectivity index (χ0v) is 4.79. The number of hydrogen-bond donors (Lipinski definition) is 0. The molecule has 48 valence electrons. The molecular weight excluding hydrogens is 108 g/mol. The van der Waals surface area contributed by atoms with E-state index in [0.717, 1.165) is 6.42 Å². The Kier molecular flexibility index (Phi) is 4.47. The van der Waals surface area contributed by atoms with Crippen molar-refractivity contribution in [3.05, 3.63) is 0 Å². The summed E-state index contributed by atoms with van der Waals surface area (Å²) in [6, 6.07) is 0. The highest BCUT2D eigenvalue weighted by atomic mass is 17.2. The van der Waals surface area contributed by atoms with Gasteiger partial charge in [-0.1, -0.05) is 13.3 Å². The monoisotopic (exact) mass is 120 g/mol. The summed E-state index contributed by atoms with van der Waals surface area (Å²) >= 11 is 0. The molecule has 0 heterocycles. The second-order valence-corrected chi connectivity index (χ2v) is 1.24. The van der Waals surface area contributed by atoms with E-state index in [4.69, 9.17) is 1.37 Å². The third-order valence-corrected chi connectivity index (χ3v) is 0.569. The first-order valence-electron chi connectivity index (χ1n) is 3.07. The van der Waals surface area contributed by atoms with E-state index in [9.17, 15) is 4.79 Å². The molecule has 0 N–H and O–H groups in total. The SMILES string of the molecule is [3H]C(CCC)OOC=O. The van der Waals surface area contributed by atoms with E-state index in [2.05, 4.69) is 9.78 Å². The Morgan fingerprint density at radius 3 is 3.12 bits per heavy atom. The summed E-state index contributed by atoms with van der Waals surface area (Å²) in [5, 5.41) is 0. The van der Waals surface area contributed by atoms with Gasteiger partial charge in [0, 0.05) is 0 Å². The van der Waals surface area contributed by atoms with Gasteiger partial charge in [0.05, 0.1) is 7.95 Å². The van der Waals surface area contributed by atoms with Crippen LogP contribution in [-0.4, -0.2) is 13.1 Å². The van der Waals surface area contributed by atoms with Crippen LogP contribution in [0.5, 0.6) is 0 Å². The Labute approximate surface area is 49.9 Å². The van der Waals surface area contributed by atoms with Crippen LogP contribution in [0.1, 0.15) is 21.1 Å². The molecule has 0 amide bonds. The molecule has 0 aliphatic rings. The molecule has 0 saturated heterocycles. The topological polar surface area (TPSA) is 35.5 Å². The van der Waals surface area contributed by atoms with Gasteiger partial charge in [-0.25, -0.2) is 0 Å². The van der Waals surface area contributed by atoms with Gasteiger partial charge in [-0.3, -0.25) is 4.79 Å². The van der Waals surface area contributed by atoms with Gasteiger partial charge in [-0.05, 0) is 6.42 Å². The van der Waals surface area contributed by atoms with Gasteiger partial charge in [-0.2, -0.15) is 4.89 Å². The second kappa shape index (κ2) is 6.43. The average molecular weight is 120 g/mol. The molecule has 0 fully saturated rings. The van der Waals surface area contributed by atoms with Crippen molar-refractivity contribution >= 4 is 6.47 Å². The fraction of sp³-hybridized carbons (Fsp3) is 0.800. The van der Waals surface area contributed by atoms with Crippen molar-refractivity contribution in [2.75, 3.05) is 6.58 Å². The second-order valence-electron chi connectivity index (χ2n) is 1.24. The minimum atomic E-state index is -0.736. The molecular formula is C5H10O3. The average Bonchev–Trinajstić information content (AvgIpc) is 1.85. The third-order valence-electron chi connectivity index (χ3n) is 0.569. The van der Waals surface area contributed by atoms with Crippen molar-refractivity contribution in [3.63, 3.8) is 0 Å². The Balaban J connectivity index is 3.04. The third kappa shape index (κ3) is 5.43. The van der Waals surface area contributed by atoms with Crippen LogP contribution in [-0.2, 0) is 14.6 Å². The quantitative estimate of drug-likeness (QED) is 0.307. The van der Waals surface area contributed by atoms with Crippen LogP contribution in [0.3, 0.4) is 0 Å². The van der Waals surface area contributed by atoms with Crippen LogP contribution < -0.4 is 0 Å². The molecule has 0 aromatic carbocycles. The highest BCUT2D eigenvalue weighted by Crippen LogP contribution is 1.86. The van der Waals surface area contributed by atoms with E-state index >= 15 is 0 Å². The van der Waals surface area contributed by atoms with Crippen LogP contribution in [0, 0.1) is 0 Å². The first kappa shape index (κ1) is 5.56. The summed E-state index contributed by atoms with van der Waals surface area (Å²) in [5.74, 6) is 0. The summed E-state index contributed by atoms with van der Waals surface area (Å²) in [5.41, 5.74) is 0. The van der Waals surface area contributed by atoms with Crippen molar-refractivity contribution < 1.29 is 15.9 Å². The number of carbonyl (C=O) groups excluding carboxylic acids is 1. The number of carbonyl (C=O) groups is 1. The van der Waals surface area contributed by atoms with Crippen molar-refractivity contribution in [2.45, 2.75) is 19.8 Å². The zero-order valence-electron chi connectivity index (χ0n) is 5.79. The molecule has 3 nitrogen and oxygen atoms in total. The minimum Gasteiger partial charge on any atom is -0.302 e. The molecule has 0 radical (unpaired) electrons. The molecule has 0 aromatic heterocycles.